The minimum absolute atomic E-state index is 0.0255. The molecule has 1 aliphatic rings. The Balaban J connectivity index is 2.11. The molecule has 0 bridgehead atoms. The zero-order valence-electron chi connectivity index (χ0n) is 10.9. The lowest BCUT2D eigenvalue weighted by Gasteiger charge is -2.26. The fraction of sp³-hybridized carbons (Fsp3) is 0.538. The molecule has 1 aromatic carbocycles. The Morgan fingerprint density at radius 1 is 1.26 bits per heavy atom. The van der Waals surface area contributed by atoms with E-state index in [-0.39, 0.29) is 16.0 Å². The van der Waals surface area contributed by atoms with E-state index in [1.807, 2.05) is 0 Å². The van der Waals surface area contributed by atoms with Gasteiger partial charge in [0.15, 0.2) is 0 Å². The third-order valence-corrected chi connectivity index (χ3v) is 5.47. The Morgan fingerprint density at radius 2 is 1.89 bits per heavy atom. The van der Waals surface area contributed by atoms with E-state index in [0.717, 1.165) is 25.7 Å². The van der Waals surface area contributed by atoms with Gasteiger partial charge in [-0.2, -0.15) is 0 Å². The molecule has 0 aromatic heterocycles. The zero-order valence-corrected chi connectivity index (χ0v) is 12.5. The summed E-state index contributed by atoms with van der Waals surface area (Å²) in [4.78, 5) is 0.172. The van der Waals surface area contributed by atoms with Crippen LogP contribution in [0.3, 0.4) is 0 Å². The molecule has 0 heterocycles. The molecule has 0 aliphatic heterocycles. The second kappa shape index (κ2) is 5.69. The zero-order chi connectivity index (χ0) is 14.0. The molecule has 1 saturated carbocycles. The van der Waals surface area contributed by atoms with Crippen LogP contribution in [0.25, 0.3) is 0 Å². The molecule has 2 rings (SSSR count). The number of sulfonamides is 1. The van der Waals surface area contributed by atoms with Gasteiger partial charge in [-0.15, -0.1) is 0 Å². The lowest BCUT2D eigenvalue weighted by atomic mass is 9.88. The molecule has 106 valence electrons. The van der Waals surface area contributed by atoms with Gasteiger partial charge in [0.2, 0.25) is 10.0 Å². The lowest BCUT2D eigenvalue weighted by molar-refractivity contribution is 0.332. The van der Waals surface area contributed by atoms with Gasteiger partial charge in [-0.3, -0.25) is 0 Å². The van der Waals surface area contributed by atoms with Crippen LogP contribution in [0.15, 0.2) is 23.1 Å². The van der Waals surface area contributed by atoms with Crippen molar-refractivity contribution in [3.05, 3.63) is 23.2 Å². The van der Waals surface area contributed by atoms with E-state index >= 15 is 0 Å². The van der Waals surface area contributed by atoms with Crippen molar-refractivity contribution in [2.75, 3.05) is 5.73 Å². The average molecular weight is 303 g/mol. The first-order chi connectivity index (χ1) is 8.88. The number of anilines is 1. The van der Waals surface area contributed by atoms with Crippen LogP contribution in [-0.2, 0) is 10.0 Å². The van der Waals surface area contributed by atoms with Crippen LogP contribution in [0.4, 0.5) is 5.69 Å². The quantitative estimate of drug-likeness (QED) is 0.843. The lowest BCUT2D eigenvalue weighted by Crippen LogP contribution is -2.37. The summed E-state index contributed by atoms with van der Waals surface area (Å²) >= 11 is 5.86. The van der Waals surface area contributed by atoms with E-state index in [2.05, 4.69) is 11.6 Å². The van der Waals surface area contributed by atoms with Gasteiger partial charge in [0.1, 0.15) is 0 Å². The number of nitrogens with one attached hydrogen (secondary N) is 1. The van der Waals surface area contributed by atoms with Gasteiger partial charge in [0.25, 0.3) is 0 Å². The highest BCUT2D eigenvalue weighted by atomic mass is 35.5. The van der Waals surface area contributed by atoms with Crippen molar-refractivity contribution in [2.45, 2.75) is 43.5 Å². The summed E-state index contributed by atoms with van der Waals surface area (Å²) in [5.41, 5.74) is 5.97. The normalized spacial score (nSPS) is 24.3. The maximum Gasteiger partial charge on any atom is 0.240 e. The molecule has 6 heteroatoms. The van der Waals surface area contributed by atoms with E-state index in [4.69, 9.17) is 17.3 Å². The van der Waals surface area contributed by atoms with Gasteiger partial charge in [-0.05, 0) is 49.8 Å². The fourth-order valence-electron chi connectivity index (χ4n) is 2.34. The number of nitrogen functional groups attached to an aromatic ring is 1. The van der Waals surface area contributed by atoms with Crippen molar-refractivity contribution < 1.29 is 8.42 Å². The minimum Gasteiger partial charge on any atom is -0.398 e. The highest BCUT2D eigenvalue weighted by Gasteiger charge is 2.24. The molecule has 3 N–H and O–H groups in total. The third-order valence-electron chi connectivity index (χ3n) is 3.62. The first-order valence-electron chi connectivity index (χ1n) is 6.46. The summed E-state index contributed by atoms with van der Waals surface area (Å²) in [6.45, 7) is 2.20. The van der Waals surface area contributed by atoms with E-state index in [1.54, 1.807) is 0 Å². The number of hydrogen-bond acceptors (Lipinski definition) is 3. The van der Waals surface area contributed by atoms with Gasteiger partial charge in [0.05, 0.1) is 15.6 Å². The monoisotopic (exact) mass is 302 g/mol. The molecular weight excluding hydrogens is 284 g/mol. The van der Waals surface area contributed by atoms with Crippen LogP contribution in [-0.4, -0.2) is 14.5 Å². The third kappa shape index (κ3) is 3.61. The van der Waals surface area contributed by atoms with Crippen molar-refractivity contribution in [2.24, 2.45) is 5.92 Å². The Labute approximate surface area is 119 Å². The van der Waals surface area contributed by atoms with E-state index in [0.29, 0.717) is 11.6 Å². The molecule has 0 saturated heterocycles. The number of hydrogen-bond donors (Lipinski definition) is 2. The van der Waals surface area contributed by atoms with Gasteiger partial charge < -0.3 is 5.73 Å². The molecule has 1 aromatic rings. The summed E-state index contributed by atoms with van der Waals surface area (Å²) in [6.07, 6.45) is 3.91. The molecule has 1 fully saturated rings. The van der Waals surface area contributed by atoms with Crippen molar-refractivity contribution in [3.8, 4) is 0 Å². The second-order valence-electron chi connectivity index (χ2n) is 5.26. The van der Waals surface area contributed by atoms with Gasteiger partial charge in [-0.25, -0.2) is 13.1 Å². The highest BCUT2D eigenvalue weighted by Crippen LogP contribution is 2.26. The maximum absolute atomic E-state index is 12.2. The van der Waals surface area contributed by atoms with Crippen LogP contribution >= 0.6 is 11.6 Å². The van der Waals surface area contributed by atoms with Gasteiger partial charge in [-0.1, -0.05) is 18.5 Å². The standard InChI is InChI=1S/C13H19ClN2O2S/c1-9-2-4-10(5-3-9)16-19(17,18)11-6-7-13(15)12(14)8-11/h6-10,16H,2-5,15H2,1H3. The van der Waals surface area contributed by atoms with Gasteiger partial charge in [0, 0.05) is 6.04 Å². The molecule has 19 heavy (non-hydrogen) atoms. The molecule has 4 nitrogen and oxygen atoms in total. The van der Waals surface area contributed by atoms with Crippen molar-refractivity contribution in [1.29, 1.82) is 0 Å². The van der Waals surface area contributed by atoms with Crippen molar-refractivity contribution in [3.63, 3.8) is 0 Å². The predicted molar refractivity (Wildman–Crippen MR) is 77.6 cm³/mol. The molecule has 0 unspecified atom stereocenters. The topological polar surface area (TPSA) is 72.2 Å². The first-order valence-corrected chi connectivity index (χ1v) is 8.32. The maximum atomic E-state index is 12.2. The highest BCUT2D eigenvalue weighted by molar-refractivity contribution is 7.89. The number of halogens is 1. The van der Waals surface area contributed by atoms with Gasteiger partial charge >= 0.3 is 0 Å². The van der Waals surface area contributed by atoms with E-state index in [1.165, 1.54) is 18.2 Å². The Morgan fingerprint density at radius 3 is 2.47 bits per heavy atom. The largest absolute Gasteiger partial charge is 0.398 e. The summed E-state index contributed by atoms with van der Waals surface area (Å²) in [5.74, 6) is 0.687. The van der Waals surface area contributed by atoms with Crippen LogP contribution in [0, 0.1) is 5.92 Å². The van der Waals surface area contributed by atoms with Crippen LogP contribution in [0.2, 0.25) is 5.02 Å². The summed E-state index contributed by atoms with van der Waals surface area (Å²) in [5, 5.41) is 0.264. The Bertz CT molecular complexity index is 552. The first kappa shape index (κ1) is 14.6. The number of nitrogens with two attached hydrogens (primary N) is 1. The van der Waals surface area contributed by atoms with Crippen molar-refractivity contribution >= 4 is 27.3 Å². The van der Waals surface area contributed by atoms with Crippen LogP contribution in [0.5, 0.6) is 0 Å². The van der Waals surface area contributed by atoms with Crippen LogP contribution in [0.1, 0.15) is 32.6 Å². The predicted octanol–water partition coefficient (Wildman–Crippen LogP) is 2.78. The smallest absolute Gasteiger partial charge is 0.240 e. The SMILES string of the molecule is CC1CCC(NS(=O)(=O)c2ccc(N)c(Cl)c2)CC1. The van der Waals surface area contributed by atoms with Crippen molar-refractivity contribution in [1.82, 2.24) is 4.72 Å². The average Bonchev–Trinajstić information content (AvgIpc) is 2.35. The molecule has 0 spiro atoms. The Kier molecular flexibility index (Phi) is 4.38. The molecular formula is C13H19ClN2O2S. The Hall–Kier alpha value is -0.780. The summed E-state index contributed by atoms with van der Waals surface area (Å²) in [7, 11) is -3.51. The molecule has 0 amide bonds. The number of benzene rings is 1. The summed E-state index contributed by atoms with van der Waals surface area (Å²) in [6, 6.07) is 4.41. The van der Waals surface area contributed by atoms with Crippen LogP contribution < -0.4 is 10.5 Å². The minimum atomic E-state index is -3.51. The number of rotatable bonds is 3. The molecule has 0 atom stereocenters. The fourth-order valence-corrected chi connectivity index (χ4v) is 3.92. The molecule has 1 aliphatic carbocycles. The summed E-state index contributed by atoms with van der Waals surface area (Å²) < 4.78 is 27.2. The van der Waals surface area contributed by atoms with E-state index < -0.39 is 10.0 Å². The molecule has 0 radical (unpaired) electrons. The second-order valence-corrected chi connectivity index (χ2v) is 7.38. The van der Waals surface area contributed by atoms with E-state index in [9.17, 15) is 8.42 Å².